The van der Waals surface area contributed by atoms with Gasteiger partial charge in [-0.05, 0) is 30.9 Å². The highest BCUT2D eigenvalue weighted by Gasteiger charge is 2.38. The third kappa shape index (κ3) is 3.30. The molecule has 0 N–H and O–H groups in total. The van der Waals surface area contributed by atoms with Crippen LogP contribution in [0.5, 0.6) is 0 Å². The molecule has 0 aliphatic carbocycles. The molecule has 5 heteroatoms. The monoisotopic (exact) mass is 292 g/mol. The molecular weight excluding hydrogens is 268 g/mol. The van der Waals surface area contributed by atoms with E-state index in [0.29, 0.717) is 30.9 Å². The van der Waals surface area contributed by atoms with Crippen LogP contribution in [0, 0.1) is 5.92 Å². The lowest BCUT2D eigenvalue weighted by molar-refractivity contribution is -0.142. The maximum absolute atomic E-state index is 12.1. The SMILES string of the molecule is COCCN1C(=O)CC[C@@H]2CN(Cc3ccco3)CC[C@@H]21. The summed E-state index contributed by atoms with van der Waals surface area (Å²) in [6.07, 6.45) is 4.48. The standard InChI is InChI=1S/C16H24N2O3/c1-20-10-8-18-15-6-7-17(12-14-3-2-9-21-14)11-13(15)4-5-16(18)19/h2-3,9,13,15H,4-8,10-12H2,1H3/t13-,15+/m1/s1. The Morgan fingerprint density at radius 1 is 1.43 bits per heavy atom. The Morgan fingerprint density at radius 2 is 2.33 bits per heavy atom. The first kappa shape index (κ1) is 14.6. The lowest BCUT2D eigenvalue weighted by Gasteiger charge is -2.47. The van der Waals surface area contributed by atoms with Crippen LogP contribution in [0.1, 0.15) is 25.0 Å². The summed E-state index contributed by atoms with van der Waals surface area (Å²) >= 11 is 0. The summed E-state index contributed by atoms with van der Waals surface area (Å²) in [5.41, 5.74) is 0. The van der Waals surface area contributed by atoms with Crippen molar-refractivity contribution in [3.63, 3.8) is 0 Å². The largest absolute Gasteiger partial charge is 0.468 e. The highest BCUT2D eigenvalue weighted by molar-refractivity contribution is 5.77. The molecule has 0 spiro atoms. The first-order chi connectivity index (χ1) is 10.3. The van der Waals surface area contributed by atoms with Gasteiger partial charge in [-0.25, -0.2) is 0 Å². The summed E-state index contributed by atoms with van der Waals surface area (Å²) < 4.78 is 10.6. The molecule has 1 amide bonds. The normalized spacial score (nSPS) is 26.9. The second-order valence-electron chi connectivity index (χ2n) is 6.05. The number of carbonyl (C=O) groups excluding carboxylic acids is 1. The number of carbonyl (C=O) groups is 1. The number of ether oxygens (including phenoxy) is 1. The third-order valence-electron chi connectivity index (χ3n) is 4.72. The van der Waals surface area contributed by atoms with Gasteiger partial charge in [0.1, 0.15) is 5.76 Å². The zero-order chi connectivity index (χ0) is 14.7. The molecule has 1 aromatic rings. The molecule has 1 aromatic heterocycles. The Kier molecular flexibility index (Phi) is 4.60. The van der Waals surface area contributed by atoms with Crippen LogP contribution >= 0.6 is 0 Å². The number of likely N-dealkylation sites (tertiary alicyclic amines) is 2. The average Bonchev–Trinajstić information content (AvgIpc) is 2.99. The van der Waals surface area contributed by atoms with Gasteiger partial charge in [-0.15, -0.1) is 0 Å². The van der Waals surface area contributed by atoms with E-state index < -0.39 is 0 Å². The molecule has 116 valence electrons. The maximum atomic E-state index is 12.1. The molecule has 3 heterocycles. The molecule has 2 atom stereocenters. The van der Waals surface area contributed by atoms with Crippen LogP contribution in [0.3, 0.4) is 0 Å². The second-order valence-corrected chi connectivity index (χ2v) is 6.05. The second kappa shape index (κ2) is 6.62. The van der Waals surface area contributed by atoms with Crippen molar-refractivity contribution < 1.29 is 13.9 Å². The van der Waals surface area contributed by atoms with E-state index in [9.17, 15) is 4.79 Å². The minimum atomic E-state index is 0.299. The van der Waals surface area contributed by atoms with E-state index in [1.165, 1.54) is 0 Å². The molecule has 2 aliphatic heterocycles. The van der Waals surface area contributed by atoms with Crippen LogP contribution in [0.25, 0.3) is 0 Å². The van der Waals surface area contributed by atoms with Gasteiger partial charge >= 0.3 is 0 Å². The highest BCUT2D eigenvalue weighted by atomic mass is 16.5. The predicted molar refractivity (Wildman–Crippen MR) is 78.7 cm³/mol. The molecular formula is C16H24N2O3. The molecule has 0 unspecified atom stereocenters. The van der Waals surface area contributed by atoms with Gasteiger partial charge in [0, 0.05) is 39.2 Å². The van der Waals surface area contributed by atoms with Crippen LogP contribution in [-0.2, 0) is 16.1 Å². The van der Waals surface area contributed by atoms with Gasteiger partial charge in [0.15, 0.2) is 0 Å². The topological polar surface area (TPSA) is 45.9 Å². The molecule has 2 saturated heterocycles. The smallest absolute Gasteiger partial charge is 0.222 e. The number of fused-ring (bicyclic) bond motifs is 1. The molecule has 2 fully saturated rings. The molecule has 3 rings (SSSR count). The van der Waals surface area contributed by atoms with E-state index in [-0.39, 0.29) is 0 Å². The first-order valence-electron chi connectivity index (χ1n) is 7.81. The van der Waals surface area contributed by atoms with E-state index in [0.717, 1.165) is 44.8 Å². The van der Waals surface area contributed by atoms with Gasteiger partial charge in [0.05, 0.1) is 19.4 Å². The van der Waals surface area contributed by atoms with Gasteiger partial charge in [-0.1, -0.05) is 0 Å². The van der Waals surface area contributed by atoms with Crippen molar-refractivity contribution in [1.29, 1.82) is 0 Å². The summed E-state index contributed by atoms with van der Waals surface area (Å²) in [5.74, 6) is 1.91. The van der Waals surface area contributed by atoms with E-state index in [2.05, 4.69) is 9.80 Å². The highest BCUT2D eigenvalue weighted by Crippen LogP contribution is 2.31. The zero-order valence-electron chi connectivity index (χ0n) is 12.7. The molecule has 21 heavy (non-hydrogen) atoms. The summed E-state index contributed by atoms with van der Waals surface area (Å²) in [6.45, 7) is 4.32. The number of hydrogen-bond donors (Lipinski definition) is 0. The fraction of sp³-hybridized carbons (Fsp3) is 0.688. The van der Waals surface area contributed by atoms with Crippen molar-refractivity contribution in [2.45, 2.75) is 31.8 Å². The van der Waals surface area contributed by atoms with Gasteiger partial charge in [0.25, 0.3) is 0 Å². The molecule has 0 radical (unpaired) electrons. The summed E-state index contributed by atoms with van der Waals surface area (Å²) in [7, 11) is 1.69. The summed E-state index contributed by atoms with van der Waals surface area (Å²) in [6, 6.07) is 4.36. The van der Waals surface area contributed by atoms with Crippen molar-refractivity contribution in [3.05, 3.63) is 24.2 Å². The minimum absolute atomic E-state index is 0.299. The van der Waals surface area contributed by atoms with Crippen molar-refractivity contribution in [1.82, 2.24) is 9.80 Å². The Balaban J connectivity index is 1.60. The Labute approximate surface area is 125 Å². The molecule has 5 nitrogen and oxygen atoms in total. The number of amides is 1. The lowest BCUT2D eigenvalue weighted by Crippen LogP contribution is -2.56. The summed E-state index contributed by atoms with van der Waals surface area (Å²) in [5, 5.41) is 0. The number of furan rings is 1. The molecule has 0 saturated carbocycles. The van der Waals surface area contributed by atoms with Crippen LogP contribution in [0.15, 0.2) is 22.8 Å². The van der Waals surface area contributed by atoms with E-state index >= 15 is 0 Å². The molecule has 0 bridgehead atoms. The number of piperidine rings is 2. The zero-order valence-corrected chi connectivity index (χ0v) is 12.7. The van der Waals surface area contributed by atoms with Crippen molar-refractivity contribution in [2.75, 3.05) is 33.4 Å². The molecule has 0 aromatic carbocycles. The van der Waals surface area contributed by atoms with E-state index in [4.69, 9.17) is 9.15 Å². The van der Waals surface area contributed by atoms with Gasteiger partial charge in [0.2, 0.25) is 5.91 Å². The average molecular weight is 292 g/mol. The number of rotatable bonds is 5. The Bertz CT molecular complexity index is 460. The van der Waals surface area contributed by atoms with Crippen molar-refractivity contribution >= 4 is 5.91 Å². The fourth-order valence-corrected chi connectivity index (χ4v) is 3.67. The molecule has 2 aliphatic rings. The number of hydrogen-bond acceptors (Lipinski definition) is 4. The van der Waals surface area contributed by atoms with Crippen LogP contribution in [-0.4, -0.2) is 55.1 Å². The Hall–Kier alpha value is -1.33. The fourth-order valence-electron chi connectivity index (χ4n) is 3.67. The van der Waals surface area contributed by atoms with Crippen LogP contribution < -0.4 is 0 Å². The van der Waals surface area contributed by atoms with Gasteiger partial charge in [-0.2, -0.15) is 0 Å². The van der Waals surface area contributed by atoms with E-state index in [1.54, 1.807) is 13.4 Å². The van der Waals surface area contributed by atoms with Gasteiger partial charge in [-0.3, -0.25) is 9.69 Å². The van der Waals surface area contributed by atoms with Gasteiger partial charge < -0.3 is 14.1 Å². The quantitative estimate of drug-likeness (QED) is 0.829. The van der Waals surface area contributed by atoms with E-state index in [1.807, 2.05) is 12.1 Å². The number of nitrogens with zero attached hydrogens (tertiary/aromatic N) is 2. The predicted octanol–water partition coefficient (Wildman–Crippen LogP) is 1.74. The minimum Gasteiger partial charge on any atom is -0.468 e. The third-order valence-corrected chi connectivity index (χ3v) is 4.72. The van der Waals surface area contributed by atoms with Crippen LogP contribution in [0.4, 0.5) is 0 Å². The maximum Gasteiger partial charge on any atom is 0.222 e. The lowest BCUT2D eigenvalue weighted by atomic mass is 9.83. The van der Waals surface area contributed by atoms with Crippen LogP contribution in [0.2, 0.25) is 0 Å². The first-order valence-corrected chi connectivity index (χ1v) is 7.81. The Morgan fingerprint density at radius 3 is 3.10 bits per heavy atom. The number of methoxy groups -OCH3 is 1. The summed E-state index contributed by atoms with van der Waals surface area (Å²) in [4.78, 5) is 16.6. The van der Waals surface area contributed by atoms with Crippen molar-refractivity contribution in [3.8, 4) is 0 Å². The van der Waals surface area contributed by atoms with Crippen molar-refractivity contribution in [2.24, 2.45) is 5.92 Å².